The molecule has 1 amide bonds. The topological polar surface area (TPSA) is 113 Å². The minimum Gasteiger partial charge on any atom is -0.322 e. The van der Waals surface area contributed by atoms with Gasteiger partial charge in [-0.15, -0.1) is 0 Å². The molecule has 0 spiro atoms. The maximum absolute atomic E-state index is 12.7. The number of carbonyl (C=O) groups excluding carboxylic acids is 1. The fourth-order valence-corrected chi connectivity index (χ4v) is 4.62. The van der Waals surface area contributed by atoms with Crippen LogP contribution in [0.2, 0.25) is 5.02 Å². The van der Waals surface area contributed by atoms with Crippen LogP contribution in [0.1, 0.15) is 10.4 Å². The van der Waals surface area contributed by atoms with Gasteiger partial charge in [0.1, 0.15) is 0 Å². The Bertz CT molecular complexity index is 1360. The van der Waals surface area contributed by atoms with Crippen LogP contribution in [0, 0.1) is 0 Å². The number of carbonyl (C=O) groups is 1. The van der Waals surface area contributed by atoms with E-state index < -0.39 is 26.0 Å². The van der Waals surface area contributed by atoms with Gasteiger partial charge in [-0.3, -0.25) is 13.8 Å². The lowest BCUT2D eigenvalue weighted by Crippen LogP contribution is -2.27. The first-order valence-corrected chi connectivity index (χ1v) is 12.9. The lowest BCUT2D eigenvalue weighted by atomic mass is 10.1. The van der Waals surface area contributed by atoms with E-state index in [0.29, 0.717) is 5.69 Å². The van der Waals surface area contributed by atoms with E-state index in [4.69, 9.17) is 11.6 Å². The monoisotopic (exact) mass is 493 g/mol. The lowest BCUT2D eigenvalue weighted by Gasteiger charge is -2.19. The molecule has 2 N–H and O–H groups in total. The molecular formula is C21H20ClN3O5S2. The Morgan fingerprint density at radius 1 is 0.875 bits per heavy atom. The zero-order valence-electron chi connectivity index (χ0n) is 17.1. The number of anilines is 3. The average molecular weight is 494 g/mol. The van der Waals surface area contributed by atoms with E-state index in [-0.39, 0.29) is 26.9 Å². The first-order chi connectivity index (χ1) is 15.0. The van der Waals surface area contributed by atoms with E-state index >= 15 is 0 Å². The summed E-state index contributed by atoms with van der Waals surface area (Å²) in [5.41, 5.74) is 0.954. The average Bonchev–Trinajstić information content (AvgIpc) is 2.74. The summed E-state index contributed by atoms with van der Waals surface area (Å²) in [6.07, 6.45) is 1.04. The zero-order valence-corrected chi connectivity index (χ0v) is 19.5. The highest BCUT2D eigenvalue weighted by Gasteiger charge is 2.20. The first kappa shape index (κ1) is 23.6. The predicted octanol–water partition coefficient (Wildman–Crippen LogP) is 3.79. The quantitative estimate of drug-likeness (QED) is 0.520. The second-order valence-corrected chi connectivity index (χ2v) is 10.9. The van der Waals surface area contributed by atoms with Gasteiger partial charge in [0.05, 0.1) is 33.1 Å². The first-order valence-electron chi connectivity index (χ1n) is 9.21. The molecule has 8 nitrogen and oxygen atoms in total. The summed E-state index contributed by atoms with van der Waals surface area (Å²) in [6, 6.07) is 18.2. The molecule has 3 aromatic rings. The Hall–Kier alpha value is -3.08. The molecule has 0 aliphatic heterocycles. The van der Waals surface area contributed by atoms with Crippen molar-refractivity contribution in [1.29, 1.82) is 0 Å². The van der Waals surface area contributed by atoms with Crippen LogP contribution in [0.5, 0.6) is 0 Å². The number of amides is 1. The minimum absolute atomic E-state index is 0.0207. The van der Waals surface area contributed by atoms with Gasteiger partial charge in [0.25, 0.3) is 15.9 Å². The van der Waals surface area contributed by atoms with Crippen LogP contribution in [-0.4, -0.2) is 36.0 Å². The largest absolute Gasteiger partial charge is 0.322 e. The van der Waals surface area contributed by atoms with Crippen LogP contribution in [0.4, 0.5) is 17.1 Å². The van der Waals surface area contributed by atoms with E-state index in [2.05, 4.69) is 10.0 Å². The molecule has 168 valence electrons. The maximum Gasteiger partial charge on any atom is 0.261 e. The Morgan fingerprint density at radius 2 is 1.47 bits per heavy atom. The van der Waals surface area contributed by atoms with Crippen molar-refractivity contribution in [1.82, 2.24) is 0 Å². The molecule has 0 atom stereocenters. The van der Waals surface area contributed by atoms with Gasteiger partial charge in [0.2, 0.25) is 10.0 Å². The van der Waals surface area contributed by atoms with Crippen molar-refractivity contribution in [2.75, 3.05) is 27.6 Å². The summed E-state index contributed by atoms with van der Waals surface area (Å²) in [5.74, 6) is -0.541. The number of halogens is 1. The Labute approximate surface area is 191 Å². The summed E-state index contributed by atoms with van der Waals surface area (Å²) in [4.78, 5) is 12.7. The highest BCUT2D eigenvalue weighted by molar-refractivity contribution is 7.92. The van der Waals surface area contributed by atoms with E-state index in [0.717, 1.165) is 10.6 Å². The molecule has 0 heterocycles. The van der Waals surface area contributed by atoms with Crippen LogP contribution in [0.25, 0.3) is 0 Å². The molecule has 0 aromatic heterocycles. The number of benzene rings is 3. The van der Waals surface area contributed by atoms with Crippen molar-refractivity contribution in [3.63, 3.8) is 0 Å². The number of hydrogen-bond acceptors (Lipinski definition) is 5. The fraction of sp³-hybridized carbons (Fsp3) is 0.0952. The molecule has 0 radical (unpaired) electrons. The second kappa shape index (κ2) is 9.19. The molecule has 3 rings (SSSR count). The van der Waals surface area contributed by atoms with Gasteiger partial charge in [-0.1, -0.05) is 35.9 Å². The van der Waals surface area contributed by atoms with E-state index in [1.165, 1.54) is 43.4 Å². The summed E-state index contributed by atoms with van der Waals surface area (Å²) in [5, 5.41) is 2.91. The third-order valence-electron chi connectivity index (χ3n) is 4.53. The molecule has 0 saturated heterocycles. The van der Waals surface area contributed by atoms with Gasteiger partial charge in [-0.05, 0) is 48.5 Å². The lowest BCUT2D eigenvalue weighted by molar-refractivity contribution is 0.102. The van der Waals surface area contributed by atoms with Crippen molar-refractivity contribution in [3.05, 3.63) is 83.4 Å². The number of rotatable bonds is 7. The van der Waals surface area contributed by atoms with Crippen LogP contribution in [0.15, 0.2) is 77.7 Å². The molecule has 32 heavy (non-hydrogen) atoms. The molecule has 3 aromatic carbocycles. The van der Waals surface area contributed by atoms with Gasteiger partial charge in [-0.2, -0.15) is 0 Å². The van der Waals surface area contributed by atoms with Gasteiger partial charge in [0.15, 0.2) is 0 Å². The van der Waals surface area contributed by atoms with Crippen LogP contribution < -0.4 is 14.3 Å². The molecule has 11 heteroatoms. The highest BCUT2D eigenvalue weighted by Crippen LogP contribution is 2.25. The van der Waals surface area contributed by atoms with Crippen molar-refractivity contribution in [3.8, 4) is 0 Å². The number of hydrogen-bond donors (Lipinski definition) is 2. The molecule has 0 aliphatic rings. The summed E-state index contributed by atoms with van der Waals surface area (Å²) >= 11 is 6.01. The van der Waals surface area contributed by atoms with Gasteiger partial charge >= 0.3 is 0 Å². The summed E-state index contributed by atoms with van der Waals surface area (Å²) in [6.45, 7) is 0. The van der Waals surface area contributed by atoms with Crippen molar-refractivity contribution < 1.29 is 21.6 Å². The molecular weight excluding hydrogens is 474 g/mol. The number of nitrogens with one attached hydrogen (secondary N) is 2. The van der Waals surface area contributed by atoms with E-state index in [1.807, 2.05) is 0 Å². The maximum atomic E-state index is 12.7. The number of para-hydroxylation sites is 2. The van der Waals surface area contributed by atoms with Crippen LogP contribution >= 0.6 is 11.6 Å². The van der Waals surface area contributed by atoms with Crippen molar-refractivity contribution in [2.45, 2.75) is 4.90 Å². The number of nitrogens with zero attached hydrogens (tertiary/aromatic N) is 1. The van der Waals surface area contributed by atoms with Gasteiger partial charge < -0.3 is 5.32 Å². The minimum atomic E-state index is -3.89. The molecule has 0 unspecified atom stereocenters. The molecule has 0 saturated carbocycles. The van der Waals surface area contributed by atoms with Crippen LogP contribution in [-0.2, 0) is 20.0 Å². The van der Waals surface area contributed by atoms with Crippen molar-refractivity contribution in [2.24, 2.45) is 0 Å². The molecule has 0 fully saturated rings. The van der Waals surface area contributed by atoms with Crippen molar-refractivity contribution >= 4 is 54.6 Å². The number of sulfonamides is 2. The van der Waals surface area contributed by atoms with E-state index in [1.54, 1.807) is 36.4 Å². The summed E-state index contributed by atoms with van der Waals surface area (Å²) < 4.78 is 52.4. The molecule has 0 bridgehead atoms. The normalized spacial score (nSPS) is 11.6. The fourth-order valence-electron chi connectivity index (χ4n) is 2.78. The Morgan fingerprint density at radius 3 is 2.09 bits per heavy atom. The third-order valence-corrected chi connectivity index (χ3v) is 7.43. The Balaban J connectivity index is 1.80. The SMILES string of the molecule is CN(c1ccccc1C(=O)Nc1ccc(S(=O)(=O)Nc2ccccc2Cl)cc1)S(C)(=O)=O. The zero-order chi connectivity index (χ0) is 23.5. The highest BCUT2D eigenvalue weighted by atomic mass is 35.5. The van der Waals surface area contributed by atoms with Gasteiger partial charge in [-0.25, -0.2) is 16.8 Å². The molecule has 0 aliphatic carbocycles. The standard InChI is InChI=1S/C21H20ClN3O5S2/c1-25(31(2,27)28)20-10-6-3-7-17(20)21(26)23-15-11-13-16(14-12-15)32(29,30)24-19-9-5-4-8-18(19)22/h3-14,24H,1-2H3,(H,23,26). The summed E-state index contributed by atoms with van der Waals surface area (Å²) in [7, 11) is -6.10. The second-order valence-electron chi connectivity index (χ2n) is 6.81. The van der Waals surface area contributed by atoms with Crippen LogP contribution in [0.3, 0.4) is 0 Å². The van der Waals surface area contributed by atoms with Gasteiger partial charge in [0, 0.05) is 12.7 Å². The predicted molar refractivity (Wildman–Crippen MR) is 126 cm³/mol. The van der Waals surface area contributed by atoms with E-state index in [9.17, 15) is 21.6 Å². The Kier molecular flexibility index (Phi) is 6.77. The smallest absolute Gasteiger partial charge is 0.261 e. The third kappa shape index (κ3) is 5.39.